The minimum atomic E-state index is -0.848. The molecule has 0 radical (unpaired) electrons. The first kappa shape index (κ1) is 14.9. The molecule has 0 aromatic heterocycles. The monoisotopic (exact) mass is 322 g/mol. The van der Waals surface area contributed by atoms with Gasteiger partial charge in [-0.2, -0.15) is 0 Å². The molecule has 4 atom stereocenters. The van der Waals surface area contributed by atoms with Crippen LogP contribution in [0, 0.1) is 11.8 Å². The molecule has 3 amide bonds. The molecule has 23 heavy (non-hydrogen) atoms. The maximum Gasteiger partial charge on any atom is 0.416 e. The molecule has 0 N–H and O–H groups in total. The van der Waals surface area contributed by atoms with Gasteiger partial charge in [0.2, 0.25) is 5.91 Å². The molecule has 2 bridgehead atoms. The van der Waals surface area contributed by atoms with Crippen LogP contribution in [0.15, 0.2) is 0 Å². The molecule has 4 aliphatic rings. The van der Waals surface area contributed by atoms with Gasteiger partial charge in [0, 0.05) is 12.5 Å². The van der Waals surface area contributed by atoms with Crippen molar-refractivity contribution in [2.45, 2.75) is 50.9 Å². The van der Waals surface area contributed by atoms with Gasteiger partial charge in [-0.05, 0) is 25.7 Å². The quantitative estimate of drug-likeness (QED) is 0.761. The van der Waals surface area contributed by atoms with E-state index in [0.29, 0.717) is 25.9 Å². The van der Waals surface area contributed by atoms with Crippen LogP contribution in [-0.2, 0) is 19.1 Å². The number of imide groups is 1. The average Bonchev–Trinajstić information content (AvgIpc) is 3.12. The first-order chi connectivity index (χ1) is 11.1. The highest BCUT2D eigenvalue weighted by molar-refractivity contribution is 5.97. The van der Waals surface area contributed by atoms with E-state index in [9.17, 15) is 14.4 Å². The Morgan fingerprint density at radius 1 is 1.26 bits per heavy atom. The van der Waals surface area contributed by atoms with E-state index in [1.54, 1.807) is 4.90 Å². The van der Waals surface area contributed by atoms with Crippen molar-refractivity contribution in [3.05, 3.63) is 0 Å². The molecule has 0 aliphatic carbocycles. The van der Waals surface area contributed by atoms with Gasteiger partial charge < -0.3 is 14.4 Å². The Labute approximate surface area is 134 Å². The van der Waals surface area contributed by atoms with E-state index in [2.05, 4.69) is 0 Å². The van der Waals surface area contributed by atoms with Crippen LogP contribution in [0.3, 0.4) is 0 Å². The summed E-state index contributed by atoms with van der Waals surface area (Å²) in [5.41, 5.74) is -0.848. The standard InChI is InChI=1S/C16H22N2O5/c1-2-10-11(13(19)17-8-9-22-15(17)21)16-6-4-3-5-7-18(16)14(20)12(10)23-16/h10-12H,2-9H2,1H3/t10-,11+,12-,16+/m1/s1. The maximum atomic E-state index is 13.1. The number of ether oxygens (including phenoxy) is 2. The van der Waals surface area contributed by atoms with Crippen molar-refractivity contribution >= 4 is 17.9 Å². The minimum absolute atomic E-state index is 0.0202. The molecule has 4 aliphatic heterocycles. The summed E-state index contributed by atoms with van der Waals surface area (Å²) in [5.74, 6) is -0.829. The summed E-state index contributed by atoms with van der Waals surface area (Å²) < 4.78 is 11.1. The minimum Gasteiger partial charge on any atom is -0.447 e. The van der Waals surface area contributed by atoms with Crippen LogP contribution >= 0.6 is 0 Å². The highest BCUT2D eigenvalue weighted by Gasteiger charge is 2.69. The molecule has 7 nitrogen and oxygen atoms in total. The van der Waals surface area contributed by atoms with Gasteiger partial charge in [0.25, 0.3) is 5.91 Å². The average molecular weight is 322 g/mol. The lowest BCUT2D eigenvalue weighted by atomic mass is 9.75. The zero-order valence-corrected chi connectivity index (χ0v) is 13.3. The van der Waals surface area contributed by atoms with Crippen molar-refractivity contribution < 1.29 is 23.9 Å². The van der Waals surface area contributed by atoms with Gasteiger partial charge in [-0.25, -0.2) is 9.69 Å². The van der Waals surface area contributed by atoms with Crippen LogP contribution in [0.25, 0.3) is 0 Å². The lowest BCUT2D eigenvalue weighted by molar-refractivity contribution is -0.157. The van der Waals surface area contributed by atoms with Crippen molar-refractivity contribution in [3.63, 3.8) is 0 Å². The maximum absolute atomic E-state index is 13.1. The van der Waals surface area contributed by atoms with E-state index in [0.717, 1.165) is 19.3 Å². The van der Waals surface area contributed by atoms with Gasteiger partial charge in [0.05, 0.1) is 12.5 Å². The smallest absolute Gasteiger partial charge is 0.416 e. The van der Waals surface area contributed by atoms with E-state index < -0.39 is 23.8 Å². The van der Waals surface area contributed by atoms with E-state index in [1.165, 1.54) is 4.90 Å². The first-order valence-corrected chi connectivity index (χ1v) is 8.57. The number of fused-ring (bicyclic) bond motifs is 1. The summed E-state index contributed by atoms with van der Waals surface area (Å²) in [6, 6.07) is 0. The number of piperidine rings is 1. The SMILES string of the molecule is CC[C@@H]1[C@@H](C(=O)N2CCOC2=O)[C@@]23CCCCCN2C(=O)[C@@H]1O3. The number of amides is 3. The highest BCUT2D eigenvalue weighted by atomic mass is 16.6. The van der Waals surface area contributed by atoms with Crippen LogP contribution in [0.2, 0.25) is 0 Å². The Hall–Kier alpha value is -1.63. The Kier molecular flexibility index (Phi) is 3.37. The van der Waals surface area contributed by atoms with E-state index in [4.69, 9.17) is 9.47 Å². The molecule has 1 spiro atoms. The second kappa shape index (κ2) is 5.19. The zero-order chi connectivity index (χ0) is 16.2. The summed E-state index contributed by atoms with van der Waals surface area (Å²) in [6.07, 6.45) is 3.15. The molecule has 4 fully saturated rings. The molecule has 4 saturated heterocycles. The number of hydrogen-bond acceptors (Lipinski definition) is 5. The fourth-order valence-corrected chi connectivity index (χ4v) is 4.76. The predicted octanol–water partition coefficient (Wildman–Crippen LogP) is 1.12. The molecule has 126 valence electrons. The van der Waals surface area contributed by atoms with E-state index in [-0.39, 0.29) is 24.3 Å². The normalized spacial score (nSPS) is 39.4. The topological polar surface area (TPSA) is 76.2 Å². The number of rotatable bonds is 2. The van der Waals surface area contributed by atoms with Gasteiger partial charge in [-0.15, -0.1) is 0 Å². The number of carbonyl (C=O) groups is 3. The van der Waals surface area contributed by atoms with Crippen molar-refractivity contribution in [2.75, 3.05) is 19.7 Å². The number of carbonyl (C=O) groups excluding carboxylic acids is 3. The number of cyclic esters (lactones) is 1. The molecule has 0 aromatic carbocycles. The summed E-state index contributed by atoms with van der Waals surface area (Å²) in [4.78, 5) is 40.5. The van der Waals surface area contributed by atoms with Crippen LogP contribution in [0.1, 0.15) is 39.0 Å². The van der Waals surface area contributed by atoms with Gasteiger partial charge in [-0.1, -0.05) is 13.3 Å². The lowest BCUT2D eigenvalue weighted by Gasteiger charge is -2.42. The second-order valence-electron chi connectivity index (χ2n) is 6.84. The number of nitrogens with zero attached hydrogens (tertiary/aromatic N) is 2. The number of hydrogen-bond donors (Lipinski definition) is 0. The summed E-state index contributed by atoms with van der Waals surface area (Å²) >= 11 is 0. The first-order valence-electron chi connectivity index (χ1n) is 8.57. The van der Waals surface area contributed by atoms with Gasteiger partial charge >= 0.3 is 6.09 Å². The molecule has 7 heteroatoms. The second-order valence-corrected chi connectivity index (χ2v) is 6.84. The Morgan fingerprint density at radius 2 is 2.09 bits per heavy atom. The third-order valence-electron chi connectivity index (χ3n) is 5.78. The lowest BCUT2D eigenvalue weighted by Crippen LogP contribution is -2.60. The van der Waals surface area contributed by atoms with Crippen LogP contribution in [0.5, 0.6) is 0 Å². The molecule has 4 rings (SSSR count). The molecule has 0 aromatic rings. The Morgan fingerprint density at radius 3 is 2.78 bits per heavy atom. The van der Waals surface area contributed by atoms with Gasteiger partial charge in [-0.3, -0.25) is 9.59 Å². The largest absolute Gasteiger partial charge is 0.447 e. The van der Waals surface area contributed by atoms with Crippen molar-refractivity contribution in [1.29, 1.82) is 0 Å². The molecule has 0 saturated carbocycles. The van der Waals surface area contributed by atoms with Crippen LogP contribution in [0.4, 0.5) is 4.79 Å². The third kappa shape index (κ3) is 1.89. The van der Waals surface area contributed by atoms with E-state index in [1.807, 2.05) is 6.92 Å². The zero-order valence-electron chi connectivity index (χ0n) is 13.3. The predicted molar refractivity (Wildman–Crippen MR) is 78.1 cm³/mol. The van der Waals surface area contributed by atoms with Crippen molar-refractivity contribution in [2.24, 2.45) is 11.8 Å². The summed E-state index contributed by atoms with van der Waals surface area (Å²) in [5, 5.41) is 0. The van der Waals surface area contributed by atoms with E-state index >= 15 is 0 Å². The fraction of sp³-hybridized carbons (Fsp3) is 0.812. The Balaban J connectivity index is 1.72. The van der Waals surface area contributed by atoms with Gasteiger partial charge in [0.1, 0.15) is 12.7 Å². The molecular weight excluding hydrogens is 300 g/mol. The Bertz CT molecular complexity index is 565. The third-order valence-corrected chi connectivity index (χ3v) is 5.78. The molecule has 4 heterocycles. The van der Waals surface area contributed by atoms with Crippen molar-refractivity contribution in [1.82, 2.24) is 9.80 Å². The summed E-state index contributed by atoms with van der Waals surface area (Å²) in [6.45, 7) is 3.15. The summed E-state index contributed by atoms with van der Waals surface area (Å²) in [7, 11) is 0. The van der Waals surface area contributed by atoms with Gasteiger partial charge in [0.15, 0.2) is 5.72 Å². The van der Waals surface area contributed by atoms with Crippen LogP contribution in [-0.4, -0.2) is 59.2 Å². The van der Waals surface area contributed by atoms with Crippen molar-refractivity contribution in [3.8, 4) is 0 Å². The highest BCUT2D eigenvalue weighted by Crippen LogP contribution is 2.54. The fourth-order valence-electron chi connectivity index (χ4n) is 4.76. The molecular formula is C16H22N2O5. The molecule has 0 unspecified atom stereocenters. The van der Waals surface area contributed by atoms with Crippen LogP contribution < -0.4 is 0 Å².